The normalized spacial score (nSPS) is 17.8. The zero-order chi connectivity index (χ0) is 17.5. The van der Waals surface area contributed by atoms with Gasteiger partial charge in [-0.15, -0.1) is 0 Å². The van der Waals surface area contributed by atoms with Gasteiger partial charge >= 0.3 is 6.03 Å². The topological polar surface area (TPSA) is 79.9 Å². The van der Waals surface area contributed by atoms with E-state index in [1.165, 1.54) is 0 Å². The van der Waals surface area contributed by atoms with E-state index < -0.39 is 0 Å². The number of carbonyl (C=O) groups is 2. The molecule has 132 valence electrons. The number of hydrogen-bond donors (Lipinski definition) is 2. The molecule has 0 aromatic heterocycles. The summed E-state index contributed by atoms with van der Waals surface area (Å²) in [7, 11) is 1.59. The van der Waals surface area contributed by atoms with Crippen molar-refractivity contribution in [1.82, 2.24) is 10.2 Å². The molecule has 2 rings (SSSR count). The summed E-state index contributed by atoms with van der Waals surface area (Å²) in [6.07, 6.45) is -0.192. The SMILES string of the molecule is COc1ccc(NC(=O)NCC2CN(CC(C)C)C(=O)CO2)cc1. The quantitative estimate of drug-likeness (QED) is 0.829. The maximum Gasteiger partial charge on any atom is 0.319 e. The van der Waals surface area contributed by atoms with E-state index in [1.54, 1.807) is 36.3 Å². The van der Waals surface area contributed by atoms with E-state index in [0.717, 1.165) is 5.75 Å². The van der Waals surface area contributed by atoms with Gasteiger partial charge in [0.05, 0.1) is 13.2 Å². The molecule has 0 bridgehead atoms. The van der Waals surface area contributed by atoms with Crippen molar-refractivity contribution < 1.29 is 19.1 Å². The van der Waals surface area contributed by atoms with Gasteiger partial charge in [-0.05, 0) is 30.2 Å². The summed E-state index contributed by atoms with van der Waals surface area (Å²) in [5, 5.41) is 5.52. The number of methoxy groups -OCH3 is 1. The summed E-state index contributed by atoms with van der Waals surface area (Å²) in [6, 6.07) is 6.76. The van der Waals surface area contributed by atoms with Gasteiger partial charge in [-0.25, -0.2) is 4.79 Å². The van der Waals surface area contributed by atoms with Gasteiger partial charge in [-0.2, -0.15) is 0 Å². The number of ether oxygens (including phenoxy) is 2. The zero-order valence-electron chi connectivity index (χ0n) is 14.4. The van der Waals surface area contributed by atoms with Crippen molar-refractivity contribution in [3.8, 4) is 5.75 Å². The van der Waals surface area contributed by atoms with Crippen molar-refractivity contribution in [3.05, 3.63) is 24.3 Å². The molecule has 1 heterocycles. The Kier molecular flexibility index (Phi) is 6.43. The van der Waals surface area contributed by atoms with Crippen LogP contribution in [0.1, 0.15) is 13.8 Å². The van der Waals surface area contributed by atoms with E-state index in [2.05, 4.69) is 24.5 Å². The van der Waals surface area contributed by atoms with Gasteiger partial charge in [0.1, 0.15) is 12.4 Å². The highest BCUT2D eigenvalue weighted by molar-refractivity contribution is 5.89. The average molecular weight is 335 g/mol. The van der Waals surface area contributed by atoms with Crippen molar-refractivity contribution in [2.24, 2.45) is 5.92 Å². The first kappa shape index (κ1) is 18.1. The van der Waals surface area contributed by atoms with Crippen LogP contribution < -0.4 is 15.4 Å². The van der Waals surface area contributed by atoms with Gasteiger partial charge in [0.15, 0.2) is 0 Å². The number of carbonyl (C=O) groups excluding carboxylic acids is 2. The van der Waals surface area contributed by atoms with E-state index in [9.17, 15) is 9.59 Å². The van der Waals surface area contributed by atoms with Crippen LogP contribution >= 0.6 is 0 Å². The molecule has 1 aromatic rings. The van der Waals surface area contributed by atoms with Crippen molar-refractivity contribution in [2.45, 2.75) is 20.0 Å². The molecule has 1 unspecified atom stereocenters. The maximum atomic E-state index is 11.9. The highest BCUT2D eigenvalue weighted by Crippen LogP contribution is 2.15. The van der Waals surface area contributed by atoms with Crippen molar-refractivity contribution in [2.75, 3.05) is 38.7 Å². The Morgan fingerprint density at radius 3 is 2.71 bits per heavy atom. The second-order valence-corrected chi connectivity index (χ2v) is 6.19. The van der Waals surface area contributed by atoms with Crippen LogP contribution in [0.5, 0.6) is 5.75 Å². The molecule has 24 heavy (non-hydrogen) atoms. The predicted octanol–water partition coefficient (Wildman–Crippen LogP) is 1.70. The molecule has 3 amide bonds. The Bertz CT molecular complexity index is 559. The molecule has 0 radical (unpaired) electrons. The molecule has 7 nitrogen and oxygen atoms in total. The Morgan fingerprint density at radius 2 is 2.08 bits per heavy atom. The molecular formula is C17H25N3O4. The fourth-order valence-electron chi connectivity index (χ4n) is 2.48. The molecule has 1 aliphatic heterocycles. The van der Waals surface area contributed by atoms with Gasteiger partial charge in [0.2, 0.25) is 5.91 Å². The molecule has 1 aromatic carbocycles. The largest absolute Gasteiger partial charge is 0.497 e. The van der Waals surface area contributed by atoms with Crippen LogP contribution in [0.2, 0.25) is 0 Å². The number of rotatable bonds is 6. The lowest BCUT2D eigenvalue weighted by Crippen LogP contribution is -2.51. The highest BCUT2D eigenvalue weighted by atomic mass is 16.5. The third-order valence-electron chi connectivity index (χ3n) is 3.64. The first-order valence-corrected chi connectivity index (χ1v) is 8.06. The lowest BCUT2D eigenvalue weighted by molar-refractivity contribution is -0.149. The van der Waals surface area contributed by atoms with Gasteiger partial charge in [-0.1, -0.05) is 13.8 Å². The fourth-order valence-corrected chi connectivity index (χ4v) is 2.48. The third kappa shape index (κ3) is 5.42. The van der Waals surface area contributed by atoms with Crippen molar-refractivity contribution in [1.29, 1.82) is 0 Å². The molecule has 1 aliphatic rings. The number of hydrogen-bond acceptors (Lipinski definition) is 4. The van der Waals surface area contributed by atoms with Gasteiger partial charge in [0.25, 0.3) is 0 Å². The number of nitrogens with zero attached hydrogens (tertiary/aromatic N) is 1. The van der Waals surface area contributed by atoms with E-state index >= 15 is 0 Å². The van der Waals surface area contributed by atoms with E-state index in [1.807, 2.05) is 0 Å². The Balaban J connectivity index is 1.77. The summed E-state index contributed by atoms with van der Waals surface area (Å²) < 4.78 is 10.6. The van der Waals surface area contributed by atoms with Crippen LogP contribution in [0.15, 0.2) is 24.3 Å². The summed E-state index contributed by atoms with van der Waals surface area (Å²) in [5.41, 5.74) is 0.675. The first-order valence-electron chi connectivity index (χ1n) is 8.06. The Morgan fingerprint density at radius 1 is 1.38 bits per heavy atom. The lowest BCUT2D eigenvalue weighted by Gasteiger charge is -2.33. The second kappa shape index (κ2) is 8.54. The molecular weight excluding hydrogens is 310 g/mol. The van der Waals surface area contributed by atoms with Crippen molar-refractivity contribution in [3.63, 3.8) is 0 Å². The Hall–Kier alpha value is -2.28. The zero-order valence-corrected chi connectivity index (χ0v) is 14.4. The van der Waals surface area contributed by atoms with Gasteiger partial charge in [0, 0.05) is 25.3 Å². The number of anilines is 1. The monoisotopic (exact) mass is 335 g/mol. The molecule has 1 atom stereocenters. The Labute approximate surface area is 142 Å². The molecule has 2 N–H and O–H groups in total. The van der Waals surface area contributed by atoms with E-state index in [-0.39, 0.29) is 24.6 Å². The minimum absolute atomic E-state index is 0.00244. The van der Waals surface area contributed by atoms with Crippen LogP contribution in [-0.2, 0) is 9.53 Å². The summed E-state index contributed by atoms with van der Waals surface area (Å²) in [6.45, 7) is 5.76. The van der Waals surface area contributed by atoms with Crippen LogP contribution in [0.25, 0.3) is 0 Å². The van der Waals surface area contributed by atoms with Crippen LogP contribution in [-0.4, -0.2) is 56.3 Å². The van der Waals surface area contributed by atoms with Crippen LogP contribution in [0, 0.1) is 5.92 Å². The maximum absolute atomic E-state index is 11.9. The summed E-state index contributed by atoms with van der Waals surface area (Å²) in [5.74, 6) is 1.13. The van der Waals surface area contributed by atoms with Crippen LogP contribution in [0.3, 0.4) is 0 Å². The number of amides is 3. The minimum atomic E-state index is -0.309. The number of morpholine rings is 1. The number of nitrogens with one attached hydrogen (secondary N) is 2. The third-order valence-corrected chi connectivity index (χ3v) is 3.64. The molecule has 1 fully saturated rings. The molecule has 7 heteroatoms. The van der Waals surface area contributed by atoms with E-state index in [4.69, 9.17) is 9.47 Å². The number of benzene rings is 1. The molecule has 0 saturated carbocycles. The average Bonchev–Trinajstić information content (AvgIpc) is 2.56. The van der Waals surface area contributed by atoms with E-state index in [0.29, 0.717) is 31.2 Å². The molecule has 1 saturated heterocycles. The first-order chi connectivity index (χ1) is 11.5. The molecule has 0 spiro atoms. The summed E-state index contributed by atoms with van der Waals surface area (Å²) >= 11 is 0. The minimum Gasteiger partial charge on any atom is -0.497 e. The standard InChI is InChI=1S/C17H25N3O4/c1-12(2)9-20-10-15(24-11-16(20)21)8-18-17(22)19-13-4-6-14(23-3)7-5-13/h4-7,12,15H,8-11H2,1-3H3,(H2,18,19,22). The van der Waals surface area contributed by atoms with Crippen LogP contribution in [0.4, 0.5) is 10.5 Å². The molecule has 0 aliphatic carbocycles. The second-order valence-electron chi connectivity index (χ2n) is 6.19. The lowest BCUT2D eigenvalue weighted by atomic mass is 10.1. The highest BCUT2D eigenvalue weighted by Gasteiger charge is 2.26. The smallest absolute Gasteiger partial charge is 0.319 e. The van der Waals surface area contributed by atoms with Gasteiger partial charge in [-0.3, -0.25) is 4.79 Å². The predicted molar refractivity (Wildman–Crippen MR) is 91.2 cm³/mol. The van der Waals surface area contributed by atoms with Gasteiger partial charge < -0.3 is 25.0 Å². The number of urea groups is 1. The van der Waals surface area contributed by atoms with Crippen molar-refractivity contribution >= 4 is 17.6 Å². The fraction of sp³-hybridized carbons (Fsp3) is 0.529. The summed E-state index contributed by atoms with van der Waals surface area (Å²) in [4.78, 5) is 25.5.